The molecule has 0 atom stereocenters. The molecule has 14 heavy (non-hydrogen) atoms. The van der Waals surface area contributed by atoms with Gasteiger partial charge in [0.2, 0.25) is 0 Å². The SMILES string of the molecule is C=C(N)NCCC[Si](OC)(OC)OC. The van der Waals surface area contributed by atoms with Crippen LogP contribution in [-0.4, -0.2) is 36.7 Å². The molecule has 0 spiro atoms. The molecule has 0 saturated carbocycles. The number of hydrogen-bond acceptors (Lipinski definition) is 5. The molecule has 0 aliphatic rings. The van der Waals surface area contributed by atoms with Crippen molar-refractivity contribution >= 4 is 8.80 Å². The summed E-state index contributed by atoms with van der Waals surface area (Å²) < 4.78 is 15.8. The normalized spacial score (nSPS) is 11.4. The van der Waals surface area contributed by atoms with Crippen LogP contribution in [0.5, 0.6) is 0 Å². The van der Waals surface area contributed by atoms with E-state index in [4.69, 9.17) is 19.0 Å². The van der Waals surface area contributed by atoms with Crippen LogP contribution in [0.3, 0.4) is 0 Å². The smallest absolute Gasteiger partial charge is 0.386 e. The predicted octanol–water partition coefficient (Wildman–Crippen LogP) is 0.274. The van der Waals surface area contributed by atoms with Crippen LogP contribution in [0.1, 0.15) is 6.42 Å². The van der Waals surface area contributed by atoms with Crippen molar-refractivity contribution < 1.29 is 13.3 Å². The highest BCUT2D eigenvalue weighted by molar-refractivity contribution is 6.60. The highest BCUT2D eigenvalue weighted by Crippen LogP contribution is 2.14. The molecule has 0 aromatic heterocycles. The van der Waals surface area contributed by atoms with Gasteiger partial charge in [0.15, 0.2) is 0 Å². The first-order valence-corrected chi connectivity index (χ1v) is 6.37. The van der Waals surface area contributed by atoms with Crippen molar-refractivity contribution in [3.05, 3.63) is 12.4 Å². The Morgan fingerprint density at radius 1 is 1.29 bits per heavy atom. The van der Waals surface area contributed by atoms with Crippen LogP contribution in [-0.2, 0) is 13.3 Å². The average molecular weight is 220 g/mol. The fourth-order valence-corrected chi connectivity index (χ4v) is 2.83. The lowest BCUT2D eigenvalue weighted by atomic mass is 10.5. The molecule has 0 bridgehead atoms. The Bertz CT molecular complexity index is 166. The molecule has 0 rings (SSSR count). The summed E-state index contributed by atoms with van der Waals surface area (Å²) in [6.07, 6.45) is 0.873. The lowest BCUT2D eigenvalue weighted by Crippen LogP contribution is -2.43. The predicted molar refractivity (Wildman–Crippen MR) is 57.5 cm³/mol. The quantitative estimate of drug-likeness (QED) is 0.454. The first-order valence-electron chi connectivity index (χ1n) is 4.44. The van der Waals surface area contributed by atoms with Gasteiger partial charge in [-0.15, -0.1) is 0 Å². The molecule has 5 nitrogen and oxygen atoms in total. The van der Waals surface area contributed by atoms with E-state index < -0.39 is 8.80 Å². The van der Waals surface area contributed by atoms with Gasteiger partial charge in [-0.1, -0.05) is 6.58 Å². The zero-order chi connectivity index (χ0) is 11.0. The Hall–Kier alpha value is -0.563. The minimum absolute atomic E-state index is 0.476. The maximum atomic E-state index is 5.35. The molecule has 0 amide bonds. The minimum Gasteiger partial charge on any atom is -0.386 e. The molecule has 0 fully saturated rings. The van der Waals surface area contributed by atoms with Gasteiger partial charge in [-0.2, -0.15) is 0 Å². The van der Waals surface area contributed by atoms with Gasteiger partial charge >= 0.3 is 8.80 Å². The highest BCUT2D eigenvalue weighted by Gasteiger charge is 2.36. The molecule has 84 valence electrons. The van der Waals surface area contributed by atoms with E-state index >= 15 is 0 Å². The molecule has 6 heteroatoms. The number of hydrogen-bond donors (Lipinski definition) is 2. The molecule has 0 aromatic rings. The van der Waals surface area contributed by atoms with E-state index in [-0.39, 0.29) is 0 Å². The van der Waals surface area contributed by atoms with E-state index in [0.29, 0.717) is 5.82 Å². The molecule has 0 heterocycles. The van der Waals surface area contributed by atoms with Gasteiger partial charge in [0.1, 0.15) is 0 Å². The first-order chi connectivity index (χ1) is 6.60. The highest BCUT2D eigenvalue weighted by atomic mass is 28.4. The van der Waals surface area contributed by atoms with Gasteiger partial charge in [0.25, 0.3) is 0 Å². The third-order valence-electron chi connectivity index (χ3n) is 1.94. The lowest BCUT2D eigenvalue weighted by Gasteiger charge is -2.24. The molecular formula is C8H20N2O3Si. The topological polar surface area (TPSA) is 65.7 Å². The van der Waals surface area contributed by atoms with E-state index in [0.717, 1.165) is 19.0 Å². The number of nitrogens with two attached hydrogens (primary N) is 1. The zero-order valence-corrected chi connectivity index (χ0v) is 10.1. The van der Waals surface area contributed by atoms with Gasteiger partial charge < -0.3 is 24.3 Å². The Balaban J connectivity index is 3.77. The monoisotopic (exact) mass is 220 g/mol. The van der Waals surface area contributed by atoms with Crippen molar-refractivity contribution in [2.75, 3.05) is 27.9 Å². The standard InChI is InChI=1S/C8H20N2O3Si/c1-8(9)10-6-5-7-14(11-2,12-3)13-4/h10H,1,5-7,9H2,2-4H3. The molecule has 0 aliphatic heterocycles. The van der Waals surface area contributed by atoms with Crippen LogP contribution >= 0.6 is 0 Å². The summed E-state index contributed by atoms with van der Waals surface area (Å²) in [5.41, 5.74) is 5.35. The van der Waals surface area contributed by atoms with Crippen LogP contribution in [0.4, 0.5) is 0 Å². The van der Waals surface area contributed by atoms with Gasteiger partial charge in [-0.25, -0.2) is 0 Å². The Morgan fingerprint density at radius 2 is 1.79 bits per heavy atom. The largest absolute Gasteiger partial charge is 0.500 e. The van der Waals surface area contributed by atoms with Crippen molar-refractivity contribution in [3.8, 4) is 0 Å². The molecule has 0 aliphatic carbocycles. The summed E-state index contributed by atoms with van der Waals surface area (Å²) in [6.45, 7) is 4.28. The fraction of sp³-hybridized carbons (Fsp3) is 0.750. The van der Waals surface area contributed by atoms with Crippen LogP contribution in [0.25, 0.3) is 0 Å². The van der Waals surface area contributed by atoms with E-state index in [2.05, 4.69) is 11.9 Å². The third-order valence-corrected chi connectivity index (χ3v) is 4.78. The fourth-order valence-electron chi connectivity index (χ4n) is 1.11. The summed E-state index contributed by atoms with van der Waals surface area (Å²) in [7, 11) is 2.42. The minimum atomic E-state index is -2.40. The third kappa shape index (κ3) is 4.61. The summed E-state index contributed by atoms with van der Waals surface area (Å²) in [4.78, 5) is 0. The van der Waals surface area contributed by atoms with E-state index in [1.165, 1.54) is 0 Å². The van der Waals surface area contributed by atoms with Gasteiger partial charge in [0, 0.05) is 33.9 Å². The molecule has 0 saturated heterocycles. The summed E-state index contributed by atoms with van der Waals surface area (Å²) in [6, 6.07) is 0.761. The second-order valence-electron chi connectivity index (χ2n) is 2.85. The molecular weight excluding hydrogens is 200 g/mol. The van der Waals surface area contributed by atoms with Gasteiger partial charge in [0.05, 0.1) is 5.82 Å². The van der Waals surface area contributed by atoms with E-state index in [9.17, 15) is 0 Å². The Morgan fingerprint density at radius 3 is 2.14 bits per heavy atom. The second kappa shape index (κ2) is 6.83. The zero-order valence-electron chi connectivity index (χ0n) is 9.13. The second-order valence-corrected chi connectivity index (χ2v) is 5.94. The van der Waals surface area contributed by atoms with Crippen molar-refractivity contribution in [1.82, 2.24) is 5.32 Å². The molecule has 3 N–H and O–H groups in total. The molecule has 0 aromatic carbocycles. The van der Waals surface area contributed by atoms with Gasteiger partial charge in [-0.3, -0.25) is 0 Å². The summed E-state index contributed by atoms with van der Waals surface area (Å²) in [5.74, 6) is 0.476. The maximum Gasteiger partial charge on any atom is 0.500 e. The van der Waals surface area contributed by atoms with Crippen LogP contribution < -0.4 is 11.1 Å². The average Bonchev–Trinajstić information content (AvgIpc) is 2.19. The molecule has 0 unspecified atom stereocenters. The van der Waals surface area contributed by atoms with Crippen molar-refractivity contribution in [2.24, 2.45) is 5.73 Å². The lowest BCUT2D eigenvalue weighted by molar-refractivity contribution is 0.123. The van der Waals surface area contributed by atoms with E-state index in [1.54, 1.807) is 21.3 Å². The molecule has 0 radical (unpaired) electrons. The van der Waals surface area contributed by atoms with Crippen molar-refractivity contribution in [1.29, 1.82) is 0 Å². The Kier molecular flexibility index (Phi) is 6.55. The summed E-state index contributed by atoms with van der Waals surface area (Å²) >= 11 is 0. The maximum absolute atomic E-state index is 5.35. The van der Waals surface area contributed by atoms with Gasteiger partial charge in [-0.05, 0) is 6.42 Å². The summed E-state index contributed by atoms with van der Waals surface area (Å²) in [5, 5.41) is 2.93. The number of rotatable bonds is 8. The first kappa shape index (κ1) is 13.4. The van der Waals surface area contributed by atoms with Crippen LogP contribution in [0.2, 0.25) is 6.04 Å². The van der Waals surface area contributed by atoms with Crippen LogP contribution in [0.15, 0.2) is 12.4 Å². The van der Waals surface area contributed by atoms with Crippen molar-refractivity contribution in [3.63, 3.8) is 0 Å². The van der Waals surface area contributed by atoms with Crippen LogP contribution in [0, 0.1) is 0 Å². The van der Waals surface area contributed by atoms with Crippen molar-refractivity contribution in [2.45, 2.75) is 12.5 Å². The van der Waals surface area contributed by atoms with E-state index in [1.807, 2.05) is 0 Å². The Labute approximate surface area is 86.6 Å². The number of nitrogens with one attached hydrogen (secondary N) is 1.